The maximum atomic E-state index is 13.0. The predicted octanol–water partition coefficient (Wildman–Crippen LogP) is 7.22. The Morgan fingerprint density at radius 1 is 1.07 bits per heavy atom. The van der Waals surface area contributed by atoms with E-state index in [0.29, 0.717) is 5.92 Å². The van der Waals surface area contributed by atoms with Crippen molar-refractivity contribution in [2.24, 2.45) is 5.92 Å². The average Bonchev–Trinajstić information content (AvgIpc) is 2.67. The van der Waals surface area contributed by atoms with Crippen LogP contribution < -0.4 is 0 Å². The highest BCUT2D eigenvalue weighted by molar-refractivity contribution is 7.88. The van der Waals surface area contributed by atoms with E-state index in [1.807, 2.05) is 29.7 Å². The van der Waals surface area contributed by atoms with E-state index in [9.17, 15) is 4.21 Å². The molecule has 0 aliphatic rings. The van der Waals surface area contributed by atoms with Crippen LogP contribution in [-0.2, 0) is 15.2 Å². The van der Waals surface area contributed by atoms with E-state index in [1.54, 1.807) is 0 Å². The lowest BCUT2D eigenvalue weighted by Crippen LogP contribution is -2.41. The van der Waals surface area contributed by atoms with Crippen molar-refractivity contribution in [1.29, 1.82) is 0 Å². The lowest BCUT2D eigenvalue weighted by Gasteiger charge is -2.35. The summed E-state index contributed by atoms with van der Waals surface area (Å²) in [4.78, 5) is 0.873. The molecular formula is C23H40O2SSi. The molecule has 0 N–H and O–H groups in total. The Labute approximate surface area is 171 Å². The van der Waals surface area contributed by atoms with Gasteiger partial charge in [-0.3, -0.25) is 0 Å². The zero-order valence-electron chi connectivity index (χ0n) is 18.5. The molecule has 1 aromatic rings. The molecule has 0 saturated heterocycles. The van der Waals surface area contributed by atoms with Crippen LogP contribution in [-0.4, -0.2) is 18.6 Å². The monoisotopic (exact) mass is 408 g/mol. The molecule has 0 saturated carbocycles. The van der Waals surface area contributed by atoms with Gasteiger partial charge in [0.05, 0.1) is 16.9 Å². The molecule has 0 aliphatic heterocycles. The number of aryl methyl sites for hydroxylation is 1. The molecule has 0 spiro atoms. The summed E-state index contributed by atoms with van der Waals surface area (Å²) in [6.07, 6.45) is 3.44. The van der Waals surface area contributed by atoms with Crippen LogP contribution in [0.15, 0.2) is 40.1 Å². The number of rotatable bonds is 12. The van der Waals surface area contributed by atoms with Gasteiger partial charge in [-0.15, -0.1) is 0 Å². The van der Waals surface area contributed by atoms with Gasteiger partial charge in [-0.2, -0.15) is 0 Å². The van der Waals surface area contributed by atoms with Crippen molar-refractivity contribution in [2.75, 3.05) is 0 Å². The maximum Gasteiger partial charge on any atom is 0.192 e. The van der Waals surface area contributed by atoms with E-state index in [2.05, 4.69) is 48.5 Å². The number of hydrogen-bond acceptors (Lipinski definition) is 2. The van der Waals surface area contributed by atoms with E-state index < -0.39 is 19.1 Å². The minimum absolute atomic E-state index is 0.103. The van der Waals surface area contributed by atoms with E-state index >= 15 is 0 Å². The van der Waals surface area contributed by atoms with Crippen molar-refractivity contribution in [2.45, 2.75) is 96.9 Å². The van der Waals surface area contributed by atoms with Gasteiger partial charge >= 0.3 is 0 Å². The first-order valence-corrected chi connectivity index (χ1v) is 14.4. The van der Waals surface area contributed by atoms with Crippen molar-refractivity contribution >= 4 is 19.1 Å². The molecule has 0 aliphatic carbocycles. The van der Waals surface area contributed by atoms with Gasteiger partial charge in [0.25, 0.3) is 0 Å². The van der Waals surface area contributed by atoms with Gasteiger partial charge in [0.15, 0.2) is 8.32 Å². The zero-order valence-corrected chi connectivity index (χ0v) is 20.3. The summed E-state index contributed by atoms with van der Waals surface area (Å²) >= 11 is 0. The molecule has 27 heavy (non-hydrogen) atoms. The van der Waals surface area contributed by atoms with Crippen LogP contribution in [0.5, 0.6) is 0 Å². The molecule has 2 atom stereocenters. The summed E-state index contributed by atoms with van der Waals surface area (Å²) in [5, 5.41) is 1.98. The number of unbranched alkanes of at least 4 members (excludes halogenated alkanes) is 1. The molecule has 0 heterocycles. The van der Waals surface area contributed by atoms with Crippen LogP contribution in [0.1, 0.15) is 66.4 Å². The Kier molecular flexibility index (Phi) is 10.8. The second-order valence-corrected chi connectivity index (χ2v) is 13.9. The lowest BCUT2D eigenvalue weighted by molar-refractivity contribution is 0.197. The van der Waals surface area contributed by atoms with E-state index in [-0.39, 0.29) is 6.10 Å². The van der Waals surface area contributed by atoms with Crippen molar-refractivity contribution in [3.05, 3.63) is 40.8 Å². The molecule has 0 radical (unpaired) electrons. The van der Waals surface area contributed by atoms with Crippen LogP contribution >= 0.6 is 0 Å². The van der Waals surface area contributed by atoms with E-state index in [4.69, 9.17) is 4.43 Å². The van der Waals surface area contributed by atoms with Crippen molar-refractivity contribution in [3.63, 3.8) is 0 Å². The van der Waals surface area contributed by atoms with Gasteiger partial charge in [0.2, 0.25) is 0 Å². The molecule has 0 amide bonds. The summed E-state index contributed by atoms with van der Waals surface area (Å²) in [5.41, 5.74) is 2.41. The molecule has 4 heteroatoms. The normalized spacial score (nSPS) is 15.2. The third-order valence-electron chi connectivity index (χ3n) is 5.68. The van der Waals surface area contributed by atoms with Crippen LogP contribution in [0.3, 0.4) is 0 Å². The van der Waals surface area contributed by atoms with Gasteiger partial charge in [0, 0.05) is 10.3 Å². The van der Waals surface area contributed by atoms with Crippen LogP contribution in [0.25, 0.3) is 0 Å². The largest absolute Gasteiger partial charge is 0.410 e. The summed E-state index contributed by atoms with van der Waals surface area (Å²) in [5.74, 6) is 0.332. The van der Waals surface area contributed by atoms with Gasteiger partial charge in [-0.25, -0.2) is 4.21 Å². The smallest absolute Gasteiger partial charge is 0.192 e. The van der Waals surface area contributed by atoms with Gasteiger partial charge in [-0.05, 0) is 55.1 Å². The maximum absolute atomic E-state index is 13.0. The third-order valence-corrected chi connectivity index (χ3v) is 11.6. The van der Waals surface area contributed by atoms with Gasteiger partial charge in [-0.1, -0.05) is 72.1 Å². The zero-order chi connectivity index (χ0) is 20.4. The van der Waals surface area contributed by atoms with Crippen LogP contribution in [0.2, 0.25) is 18.1 Å². The summed E-state index contributed by atoms with van der Waals surface area (Å²) in [7, 11) is -2.85. The fraction of sp³-hybridized carbons (Fsp3) is 0.652. The summed E-state index contributed by atoms with van der Waals surface area (Å²) < 4.78 is 19.9. The first kappa shape index (κ1) is 24.3. The highest BCUT2D eigenvalue weighted by Gasteiger charge is 2.33. The third kappa shape index (κ3) is 7.32. The molecule has 0 fully saturated rings. The molecule has 1 unspecified atom stereocenters. The van der Waals surface area contributed by atoms with Crippen LogP contribution in [0, 0.1) is 12.8 Å². The molecule has 2 nitrogen and oxygen atoms in total. The quantitative estimate of drug-likeness (QED) is 0.341. The fourth-order valence-corrected chi connectivity index (χ4v) is 7.50. The fourth-order valence-electron chi connectivity index (χ4n) is 3.43. The summed E-state index contributed by atoms with van der Waals surface area (Å²) in [6.45, 7) is 15.5. The summed E-state index contributed by atoms with van der Waals surface area (Å²) in [6, 6.07) is 11.5. The van der Waals surface area contributed by atoms with Gasteiger partial charge in [0.1, 0.15) is 0 Å². The average molecular weight is 409 g/mol. The molecule has 0 bridgehead atoms. The van der Waals surface area contributed by atoms with Crippen molar-refractivity contribution in [3.8, 4) is 0 Å². The highest BCUT2D eigenvalue weighted by Crippen LogP contribution is 2.31. The van der Waals surface area contributed by atoms with Crippen LogP contribution in [0.4, 0.5) is 0 Å². The Balaban J connectivity index is 3.21. The second kappa shape index (κ2) is 12.0. The van der Waals surface area contributed by atoms with Gasteiger partial charge < -0.3 is 4.43 Å². The van der Waals surface area contributed by atoms with E-state index in [1.165, 1.54) is 11.1 Å². The standard InChI is InChI=1S/C23H40O2SSi/c1-8-12-13-23(25-27(9-2,10-3)11-4)22(19(5)6)18-26(24)21-16-14-20(7)15-17-21/h14-19,23H,8-13H2,1-7H3/b22-18-/t23?,26-/m1/s1. The first-order valence-electron chi connectivity index (χ1n) is 10.7. The second-order valence-electron chi connectivity index (χ2n) is 7.88. The molecule has 1 rings (SSSR count). The molecule has 1 aromatic carbocycles. The minimum Gasteiger partial charge on any atom is -0.410 e. The minimum atomic E-state index is -1.72. The van der Waals surface area contributed by atoms with Crippen molar-refractivity contribution in [1.82, 2.24) is 0 Å². The Hall–Kier alpha value is -0.713. The Bertz CT molecular complexity index is 595. The van der Waals surface area contributed by atoms with Crippen molar-refractivity contribution < 1.29 is 8.63 Å². The highest BCUT2D eigenvalue weighted by atomic mass is 32.2. The number of hydrogen-bond donors (Lipinski definition) is 0. The predicted molar refractivity (Wildman–Crippen MR) is 122 cm³/mol. The first-order chi connectivity index (χ1) is 12.8. The number of benzene rings is 1. The SMILES string of the molecule is CCCCC(O[Si](CC)(CC)CC)/C(=C\[S@@](=O)c1ccc(C)cc1)C(C)C. The Morgan fingerprint density at radius 3 is 2.07 bits per heavy atom. The molecule has 0 aromatic heterocycles. The lowest BCUT2D eigenvalue weighted by atomic mass is 9.96. The molecular weight excluding hydrogens is 368 g/mol. The van der Waals surface area contributed by atoms with E-state index in [0.717, 1.165) is 42.3 Å². The Morgan fingerprint density at radius 2 is 1.63 bits per heavy atom. The topological polar surface area (TPSA) is 26.3 Å². The molecule has 154 valence electrons.